The second-order valence-corrected chi connectivity index (χ2v) is 4.31. The van der Waals surface area contributed by atoms with Crippen molar-refractivity contribution in [3.63, 3.8) is 0 Å². The highest BCUT2D eigenvalue weighted by molar-refractivity contribution is 5.95. The van der Waals surface area contributed by atoms with Gasteiger partial charge in [0.25, 0.3) is 0 Å². The van der Waals surface area contributed by atoms with Gasteiger partial charge < -0.3 is 15.2 Å². The Morgan fingerprint density at radius 3 is 2.94 bits per heavy atom. The molecule has 0 aromatic carbocycles. The molecule has 0 spiro atoms. The van der Waals surface area contributed by atoms with Crippen molar-refractivity contribution < 1.29 is 14.6 Å². The van der Waals surface area contributed by atoms with Crippen LogP contribution in [0.1, 0.15) is 22.2 Å². The molecule has 0 radical (unpaired) electrons. The summed E-state index contributed by atoms with van der Waals surface area (Å²) in [5.74, 6) is 0.722. The molecule has 0 atom stereocenters. The highest BCUT2D eigenvalue weighted by atomic mass is 16.5. The van der Waals surface area contributed by atoms with E-state index < -0.39 is 5.97 Å². The predicted molar refractivity (Wildman–Crippen MR) is 63.8 cm³/mol. The molecule has 2 N–H and O–H groups in total. The molecular weight excluding hydrogens is 234 g/mol. The Labute approximate surface area is 103 Å². The Hall–Kier alpha value is -2.08. The molecule has 18 heavy (non-hydrogen) atoms. The first-order valence-corrected chi connectivity index (χ1v) is 5.70. The van der Waals surface area contributed by atoms with Crippen LogP contribution in [0.25, 0.3) is 5.52 Å². The fraction of sp³-hybridized carbons (Fsp3) is 0.333. The lowest BCUT2D eigenvalue weighted by molar-refractivity contribution is 0.0596. The lowest BCUT2D eigenvalue weighted by atomic mass is 10.0. The van der Waals surface area contributed by atoms with Gasteiger partial charge in [-0.15, -0.1) is 0 Å². The minimum absolute atomic E-state index is 0.143. The van der Waals surface area contributed by atoms with Crippen molar-refractivity contribution >= 4 is 11.5 Å². The molecule has 3 heterocycles. The fourth-order valence-electron chi connectivity index (χ4n) is 2.10. The fourth-order valence-corrected chi connectivity index (χ4v) is 2.10. The number of carbonyl (C=O) groups excluding carboxylic acids is 1. The molecule has 3 rings (SSSR count). The van der Waals surface area contributed by atoms with Gasteiger partial charge in [0, 0.05) is 19.0 Å². The van der Waals surface area contributed by atoms with Crippen LogP contribution in [-0.2, 0) is 4.74 Å². The van der Waals surface area contributed by atoms with Crippen LogP contribution >= 0.6 is 0 Å². The van der Waals surface area contributed by atoms with E-state index in [0.717, 1.165) is 18.9 Å². The van der Waals surface area contributed by atoms with Gasteiger partial charge >= 0.3 is 5.97 Å². The number of nitrogens with zero attached hydrogens (tertiary/aromatic N) is 2. The number of methoxy groups -OCH3 is 1. The summed E-state index contributed by atoms with van der Waals surface area (Å²) in [4.78, 5) is 16.0. The summed E-state index contributed by atoms with van der Waals surface area (Å²) in [6.07, 6.45) is 1.57. The number of imidazole rings is 1. The number of carbonyl (C=O) groups is 1. The van der Waals surface area contributed by atoms with E-state index in [0.29, 0.717) is 11.2 Å². The maximum atomic E-state index is 11.7. The number of nitrogens with one attached hydrogen (secondary N) is 1. The molecule has 1 fully saturated rings. The smallest absolute Gasteiger partial charge is 0.358 e. The van der Waals surface area contributed by atoms with Crippen LogP contribution in [-0.4, -0.2) is 40.7 Å². The molecule has 1 saturated heterocycles. The molecule has 6 nitrogen and oxygen atoms in total. The van der Waals surface area contributed by atoms with Crippen molar-refractivity contribution in [3.05, 3.63) is 29.8 Å². The normalized spacial score (nSPS) is 15.6. The summed E-state index contributed by atoms with van der Waals surface area (Å²) in [5, 5.41) is 12.7. The standard InChI is InChI=1S/C12H13N3O3/c1-18-12(17)10-9-3-2-8(16)6-15(9)11(14-10)7-4-13-5-7/h2-3,6-7,13,16H,4-5H2,1H3. The van der Waals surface area contributed by atoms with Gasteiger partial charge in [-0.25, -0.2) is 9.78 Å². The van der Waals surface area contributed by atoms with E-state index >= 15 is 0 Å². The average Bonchev–Trinajstić information content (AvgIpc) is 2.65. The zero-order valence-electron chi connectivity index (χ0n) is 9.88. The van der Waals surface area contributed by atoms with Gasteiger partial charge in [0.15, 0.2) is 5.69 Å². The van der Waals surface area contributed by atoms with Crippen LogP contribution in [0.15, 0.2) is 18.3 Å². The Morgan fingerprint density at radius 1 is 1.56 bits per heavy atom. The number of hydrogen-bond donors (Lipinski definition) is 2. The first kappa shape index (κ1) is 11.0. The molecule has 2 aromatic rings. The lowest BCUT2D eigenvalue weighted by Gasteiger charge is -2.25. The van der Waals surface area contributed by atoms with Crippen molar-refractivity contribution in [2.75, 3.05) is 20.2 Å². The molecular formula is C12H13N3O3. The minimum Gasteiger partial charge on any atom is -0.506 e. The molecule has 2 aromatic heterocycles. The van der Waals surface area contributed by atoms with Crippen molar-refractivity contribution in [3.8, 4) is 5.75 Å². The van der Waals surface area contributed by atoms with Gasteiger partial charge in [-0.05, 0) is 12.1 Å². The van der Waals surface area contributed by atoms with E-state index in [1.165, 1.54) is 13.2 Å². The molecule has 0 amide bonds. The number of aromatic hydroxyl groups is 1. The Balaban J connectivity index is 2.21. The number of aromatic nitrogens is 2. The number of esters is 1. The quantitative estimate of drug-likeness (QED) is 0.756. The third-order valence-electron chi connectivity index (χ3n) is 3.17. The average molecular weight is 247 g/mol. The van der Waals surface area contributed by atoms with Gasteiger partial charge in [-0.1, -0.05) is 0 Å². The summed E-state index contributed by atoms with van der Waals surface area (Å²) in [7, 11) is 1.33. The van der Waals surface area contributed by atoms with Crippen LogP contribution in [0.5, 0.6) is 5.75 Å². The van der Waals surface area contributed by atoms with E-state index in [-0.39, 0.29) is 11.7 Å². The summed E-state index contributed by atoms with van der Waals surface area (Å²) in [6, 6.07) is 3.20. The van der Waals surface area contributed by atoms with Gasteiger partial charge in [-0.2, -0.15) is 0 Å². The lowest BCUT2D eigenvalue weighted by Crippen LogP contribution is -2.40. The number of rotatable bonds is 2. The van der Waals surface area contributed by atoms with Crippen molar-refractivity contribution in [1.82, 2.24) is 14.7 Å². The van der Waals surface area contributed by atoms with Gasteiger partial charge in [-0.3, -0.25) is 4.40 Å². The predicted octanol–water partition coefficient (Wildman–Crippen LogP) is 0.513. The first-order chi connectivity index (χ1) is 8.70. The highest BCUT2D eigenvalue weighted by Gasteiger charge is 2.27. The second kappa shape index (κ2) is 3.99. The van der Waals surface area contributed by atoms with E-state index in [9.17, 15) is 9.90 Å². The molecule has 0 saturated carbocycles. The van der Waals surface area contributed by atoms with Crippen LogP contribution in [0.2, 0.25) is 0 Å². The third kappa shape index (κ3) is 1.53. The van der Waals surface area contributed by atoms with Crippen molar-refractivity contribution in [1.29, 1.82) is 0 Å². The van der Waals surface area contributed by atoms with Gasteiger partial charge in [0.1, 0.15) is 11.6 Å². The monoisotopic (exact) mass is 247 g/mol. The van der Waals surface area contributed by atoms with Gasteiger partial charge in [0.05, 0.1) is 18.8 Å². The Bertz CT molecular complexity index is 616. The summed E-state index contributed by atoms with van der Waals surface area (Å²) >= 11 is 0. The van der Waals surface area contributed by atoms with Crippen molar-refractivity contribution in [2.45, 2.75) is 5.92 Å². The molecule has 6 heteroatoms. The molecule has 94 valence electrons. The number of fused-ring (bicyclic) bond motifs is 1. The Kier molecular flexibility index (Phi) is 2.45. The van der Waals surface area contributed by atoms with E-state index in [1.54, 1.807) is 16.7 Å². The van der Waals surface area contributed by atoms with E-state index in [1.807, 2.05) is 0 Å². The molecule has 0 aliphatic carbocycles. The zero-order valence-corrected chi connectivity index (χ0v) is 9.88. The largest absolute Gasteiger partial charge is 0.506 e. The van der Waals surface area contributed by atoms with Crippen molar-refractivity contribution in [2.24, 2.45) is 0 Å². The van der Waals surface area contributed by atoms with Crippen LogP contribution in [0, 0.1) is 0 Å². The van der Waals surface area contributed by atoms with Crippen LogP contribution in [0.3, 0.4) is 0 Å². The van der Waals surface area contributed by atoms with Crippen LogP contribution in [0.4, 0.5) is 0 Å². The number of pyridine rings is 1. The van der Waals surface area contributed by atoms with Gasteiger partial charge in [0.2, 0.25) is 0 Å². The SMILES string of the molecule is COC(=O)c1nc(C2CNC2)n2cc(O)ccc12. The summed E-state index contributed by atoms with van der Waals surface area (Å²) in [6.45, 7) is 1.66. The molecule has 0 unspecified atom stereocenters. The summed E-state index contributed by atoms with van der Waals surface area (Å²) in [5.41, 5.74) is 0.945. The topological polar surface area (TPSA) is 75.9 Å². The molecule has 0 bridgehead atoms. The molecule has 1 aliphatic rings. The maximum absolute atomic E-state index is 11.7. The third-order valence-corrected chi connectivity index (χ3v) is 3.17. The number of hydrogen-bond acceptors (Lipinski definition) is 5. The minimum atomic E-state index is -0.461. The Morgan fingerprint density at radius 2 is 2.33 bits per heavy atom. The van der Waals surface area contributed by atoms with E-state index in [2.05, 4.69) is 10.3 Å². The number of ether oxygens (including phenoxy) is 1. The second-order valence-electron chi connectivity index (χ2n) is 4.31. The molecule has 1 aliphatic heterocycles. The first-order valence-electron chi connectivity index (χ1n) is 5.70. The van der Waals surface area contributed by atoms with Crippen LogP contribution < -0.4 is 5.32 Å². The summed E-state index contributed by atoms with van der Waals surface area (Å²) < 4.78 is 6.48. The zero-order chi connectivity index (χ0) is 12.7. The highest BCUT2D eigenvalue weighted by Crippen LogP contribution is 2.25. The maximum Gasteiger partial charge on any atom is 0.358 e. The van der Waals surface area contributed by atoms with E-state index in [4.69, 9.17) is 4.74 Å².